The molecule has 0 aliphatic rings. The molecule has 4 rings (SSSR count). The molecule has 25 heavy (non-hydrogen) atoms. The van der Waals surface area contributed by atoms with Crippen LogP contribution >= 0.6 is 0 Å². The zero-order valence-corrected chi connectivity index (χ0v) is 13.2. The summed E-state index contributed by atoms with van der Waals surface area (Å²) in [5, 5.41) is 14.7. The normalized spacial score (nSPS) is 11.1. The van der Waals surface area contributed by atoms with Gasteiger partial charge in [-0.1, -0.05) is 6.07 Å². The van der Waals surface area contributed by atoms with E-state index in [1.54, 1.807) is 30.5 Å². The molecule has 1 N–H and O–H groups in total. The van der Waals surface area contributed by atoms with E-state index in [1.807, 2.05) is 13.0 Å². The van der Waals surface area contributed by atoms with Crippen molar-refractivity contribution >= 4 is 28.4 Å². The summed E-state index contributed by atoms with van der Waals surface area (Å²) in [4.78, 5) is 28.9. The van der Waals surface area contributed by atoms with Crippen molar-refractivity contribution in [1.82, 2.24) is 29.4 Å². The third-order valence-corrected chi connectivity index (χ3v) is 3.69. The molecule has 0 aliphatic heterocycles. The van der Waals surface area contributed by atoms with Crippen molar-refractivity contribution in [1.29, 1.82) is 0 Å². The SMILES string of the molecule is Cc1cccc(NC(=O)Cn2ccc3c(nnc4ccnn43)c2=O)n1. The molecular formula is C16H13N7O2. The molecule has 4 aromatic heterocycles. The minimum absolute atomic E-state index is 0.150. The summed E-state index contributed by atoms with van der Waals surface area (Å²) in [6.45, 7) is 1.68. The number of rotatable bonds is 3. The van der Waals surface area contributed by atoms with Gasteiger partial charge in [0.2, 0.25) is 5.91 Å². The fourth-order valence-corrected chi connectivity index (χ4v) is 2.55. The van der Waals surface area contributed by atoms with Crippen LogP contribution < -0.4 is 10.9 Å². The second-order valence-electron chi connectivity index (χ2n) is 5.50. The minimum atomic E-state index is -0.408. The third kappa shape index (κ3) is 2.71. The number of aryl methyl sites for hydroxylation is 1. The van der Waals surface area contributed by atoms with Gasteiger partial charge in [0.15, 0.2) is 11.2 Å². The number of hydrogen-bond donors (Lipinski definition) is 1. The number of carbonyl (C=O) groups excluding carboxylic acids is 1. The van der Waals surface area contributed by atoms with Crippen molar-refractivity contribution in [3.63, 3.8) is 0 Å². The molecule has 9 heteroatoms. The summed E-state index contributed by atoms with van der Waals surface area (Å²) in [5.74, 6) is 0.0876. The minimum Gasteiger partial charge on any atom is -0.309 e. The Labute approximate surface area is 141 Å². The van der Waals surface area contributed by atoms with Crippen molar-refractivity contribution < 1.29 is 4.79 Å². The summed E-state index contributed by atoms with van der Waals surface area (Å²) in [5.41, 5.74) is 1.62. The van der Waals surface area contributed by atoms with Crippen molar-refractivity contribution in [2.45, 2.75) is 13.5 Å². The van der Waals surface area contributed by atoms with Gasteiger partial charge in [-0.15, -0.1) is 10.2 Å². The van der Waals surface area contributed by atoms with E-state index in [0.29, 0.717) is 17.0 Å². The van der Waals surface area contributed by atoms with Crippen LogP contribution in [0, 0.1) is 6.92 Å². The summed E-state index contributed by atoms with van der Waals surface area (Å²) in [6.07, 6.45) is 3.12. The van der Waals surface area contributed by atoms with E-state index < -0.39 is 5.56 Å². The fraction of sp³-hybridized carbons (Fsp3) is 0.125. The Hall–Kier alpha value is -3.62. The molecule has 0 fully saturated rings. The van der Waals surface area contributed by atoms with Gasteiger partial charge < -0.3 is 9.88 Å². The molecule has 0 radical (unpaired) electrons. The van der Waals surface area contributed by atoms with Gasteiger partial charge in [0, 0.05) is 18.0 Å². The van der Waals surface area contributed by atoms with Crippen LogP contribution in [-0.4, -0.2) is 35.3 Å². The number of carbonyl (C=O) groups is 1. The van der Waals surface area contributed by atoms with Gasteiger partial charge in [-0.3, -0.25) is 9.59 Å². The average Bonchev–Trinajstić information content (AvgIpc) is 3.06. The van der Waals surface area contributed by atoms with Crippen LogP contribution in [0.4, 0.5) is 5.82 Å². The maximum absolute atomic E-state index is 12.6. The zero-order chi connectivity index (χ0) is 17.4. The molecular weight excluding hydrogens is 322 g/mol. The number of anilines is 1. The molecule has 4 aromatic rings. The molecule has 0 atom stereocenters. The Morgan fingerprint density at radius 1 is 1.20 bits per heavy atom. The lowest BCUT2D eigenvalue weighted by atomic mass is 10.3. The number of aromatic nitrogens is 6. The molecule has 0 saturated carbocycles. The first-order valence-electron chi connectivity index (χ1n) is 7.55. The van der Waals surface area contributed by atoms with Gasteiger partial charge in [0.1, 0.15) is 17.9 Å². The highest BCUT2D eigenvalue weighted by molar-refractivity contribution is 5.89. The predicted octanol–water partition coefficient (Wildman–Crippen LogP) is 0.781. The summed E-state index contributed by atoms with van der Waals surface area (Å²) in [6, 6.07) is 8.70. The van der Waals surface area contributed by atoms with Gasteiger partial charge in [0.05, 0.1) is 6.20 Å². The van der Waals surface area contributed by atoms with Crippen molar-refractivity contribution in [3.8, 4) is 0 Å². The van der Waals surface area contributed by atoms with Crippen LogP contribution in [-0.2, 0) is 11.3 Å². The van der Waals surface area contributed by atoms with E-state index in [2.05, 4.69) is 25.6 Å². The number of fused-ring (bicyclic) bond motifs is 3. The average molecular weight is 335 g/mol. The van der Waals surface area contributed by atoms with Crippen LogP contribution in [0.1, 0.15) is 5.69 Å². The molecule has 0 aromatic carbocycles. The molecule has 124 valence electrons. The topological polar surface area (TPSA) is 107 Å². The van der Waals surface area contributed by atoms with Crippen LogP contribution in [0.2, 0.25) is 0 Å². The van der Waals surface area contributed by atoms with Gasteiger partial charge in [-0.25, -0.2) is 9.50 Å². The fourth-order valence-electron chi connectivity index (χ4n) is 2.55. The zero-order valence-electron chi connectivity index (χ0n) is 13.2. The second kappa shape index (κ2) is 5.78. The largest absolute Gasteiger partial charge is 0.309 e. The standard InChI is InChI=1S/C16H13N7O2/c1-10-3-2-4-12(18-10)19-14(24)9-22-8-6-11-15(16(22)25)21-20-13-5-7-17-23(11)13/h2-8H,9H2,1H3,(H,18,19,24). The number of amides is 1. The summed E-state index contributed by atoms with van der Waals surface area (Å²) in [7, 11) is 0. The Kier molecular flexibility index (Phi) is 3.46. The van der Waals surface area contributed by atoms with E-state index in [9.17, 15) is 9.59 Å². The van der Waals surface area contributed by atoms with Crippen LogP contribution in [0.3, 0.4) is 0 Å². The maximum atomic E-state index is 12.6. The molecule has 0 bridgehead atoms. The lowest BCUT2D eigenvalue weighted by Crippen LogP contribution is -2.28. The highest BCUT2D eigenvalue weighted by Gasteiger charge is 2.12. The lowest BCUT2D eigenvalue weighted by molar-refractivity contribution is -0.116. The Morgan fingerprint density at radius 3 is 2.92 bits per heavy atom. The Balaban J connectivity index is 1.65. The molecule has 0 aliphatic carbocycles. The highest BCUT2D eigenvalue weighted by Crippen LogP contribution is 2.08. The van der Waals surface area contributed by atoms with Crippen molar-refractivity contribution in [2.24, 2.45) is 0 Å². The van der Waals surface area contributed by atoms with Crippen LogP contribution in [0.25, 0.3) is 16.7 Å². The molecule has 0 unspecified atom stereocenters. The molecule has 1 amide bonds. The van der Waals surface area contributed by atoms with Gasteiger partial charge in [-0.2, -0.15) is 5.10 Å². The van der Waals surface area contributed by atoms with Gasteiger partial charge >= 0.3 is 0 Å². The third-order valence-electron chi connectivity index (χ3n) is 3.69. The van der Waals surface area contributed by atoms with E-state index in [0.717, 1.165) is 5.69 Å². The van der Waals surface area contributed by atoms with E-state index >= 15 is 0 Å². The second-order valence-corrected chi connectivity index (χ2v) is 5.50. The Morgan fingerprint density at radius 2 is 2.08 bits per heavy atom. The highest BCUT2D eigenvalue weighted by atomic mass is 16.2. The van der Waals surface area contributed by atoms with Gasteiger partial charge in [-0.05, 0) is 25.1 Å². The van der Waals surface area contributed by atoms with E-state index in [1.165, 1.54) is 15.3 Å². The van der Waals surface area contributed by atoms with Crippen molar-refractivity contribution in [2.75, 3.05) is 5.32 Å². The Bertz CT molecular complexity index is 1160. The first kappa shape index (κ1) is 14.9. The number of nitrogens with one attached hydrogen (secondary N) is 1. The van der Waals surface area contributed by atoms with Crippen LogP contribution in [0.15, 0.2) is 47.5 Å². The molecule has 0 spiro atoms. The maximum Gasteiger partial charge on any atom is 0.281 e. The predicted molar refractivity (Wildman–Crippen MR) is 90.2 cm³/mol. The lowest BCUT2D eigenvalue weighted by Gasteiger charge is -2.08. The van der Waals surface area contributed by atoms with Gasteiger partial charge in [0.25, 0.3) is 5.56 Å². The molecule has 9 nitrogen and oxygen atoms in total. The first-order valence-corrected chi connectivity index (χ1v) is 7.55. The van der Waals surface area contributed by atoms with Crippen molar-refractivity contribution in [3.05, 3.63) is 58.8 Å². The number of nitrogens with zero attached hydrogens (tertiary/aromatic N) is 6. The monoisotopic (exact) mass is 335 g/mol. The summed E-state index contributed by atoms with van der Waals surface area (Å²) >= 11 is 0. The molecule has 4 heterocycles. The van der Waals surface area contributed by atoms with E-state index in [-0.39, 0.29) is 18.0 Å². The van der Waals surface area contributed by atoms with Crippen LogP contribution in [0.5, 0.6) is 0 Å². The molecule has 0 saturated heterocycles. The quantitative estimate of drug-likeness (QED) is 0.593. The number of hydrogen-bond acceptors (Lipinski definition) is 6. The van der Waals surface area contributed by atoms with E-state index in [4.69, 9.17) is 0 Å². The number of pyridine rings is 2. The summed E-state index contributed by atoms with van der Waals surface area (Å²) < 4.78 is 2.81. The first-order chi connectivity index (χ1) is 12.1. The smallest absolute Gasteiger partial charge is 0.281 e.